The van der Waals surface area contributed by atoms with E-state index in [0.29, 0.717) is 30.0 Å². The van der Waals surface area contributed by atoms with Crippen LogP contribution in [0.2, 0.25) is 0 Å². The van der Waals surface area contributed by atoms with Crippen molar-refractivity contribution in [1.82, 2.24) is 0 Å². The van der Waals surface area contributed by atoms with Crippen molar-refractivity contribution >= 4 is 17.6 Å². The minimum atomic E-state index is -4.60. The number of anilines is 1. The molecule has 7 nitrogen and oxygen atoms in total. The largest absolute Gasteiger partial charge is 0.489 e. The summed E-state index contributed by atoms with van der Waals surface area (Å²) in [6.07, 6.45) is -4.56. The average Bonchev–Trinajstić information content (AvgIpc) is 3.29. The van der Waals surface area contributed by atoms with Crippen LogP contribution >= 0.6 is 0 Å². The molecule has 1 amide bonds. The zero-order valence-corrected chi connectivity index (χ0v) is 19.7. The molecule has 0 aliphatic carbocycles. The molecule has 0 spiro atoms. The molecule has 0 saturated heterocycles. The van der Waals surface area contributed by atoms with Crippen LogP contribution in [0.5, 0.6) is 11.5 Å². The lowest BCUT2D eigenvalue weighted by atomic mass is 10.1. The van der Waals surface area contributed by atoms with E-state index in [1.165, 1.54) is 17.0 Å². The highest BCUT2D eigenvalue weighted by molar-refractivity contribution is 6.00. The minimum Gasteiger partial charge on any atom is -0.489 e. The molecule has 0 radical (unpaired) electrons. The third-order valence-electron chi connectivity index (χ3n) is 5.92. The highest BCUT2D eigenvalue weighted by Crippen LogP contribution is 2.38. The molecule has 0 unspecified atom stereocenters. The van der Waals surface area contributed by atoms with Gasteiger partial charge in [0.1, 0.15) is 24.7 Å². The van der Waals surface area contributed by atoms with Crippen molar-refractivity contribution in [1.29, 1.82) is 0 Å². The van der Waals surface area contributed by atoms with Gasteiger partial charge >= 0.3 is 12.1 Å². The van der Waals surface area contributed by atoms with Crippen molar-refractivity contribution in [3.8, 4) is 11.5 Å². The Morgan fingerprint density at radius 2 is 1.70 bits per heavy atom. The number of fused-ring (bicyclic) bond motifs is 1. The lowest BCUT2D eigenvalue weighted by Crippen LogP contribution is -2.44. The van der Waals surface area contributed by atoms with Crippen LogP contribution in [0.3, 0.4) is 0 Å². The van der Waals surface area contributed by atoms with Gasteiger partial charge in [-0.1, -0.05) is 36.4 Å². The second-order valence-corrected chi connectivity index (χ2v) is 8.63. The van der Waals surface area contributed by atoms with Gasteiger partial charge in [0.05, 0.1) is 18.0 Å². The van der Waals surface area contributed by atoms with Crippen molar-refractivity contribution in [2.75, 3.05) is 11.4 Å². The van der Waals surface area contributed by atoms with Crippen molar-refractivity contribution in [3.05, 3.63) is 89.0 Å². The van der Waals surface area contributed by atoms with E-state index in [1.54, 1.807) is 42.5 Å². The Morgan fingerprint density at radius 1 is 0.973 bits per heavy atom. The van der Waals surface area contributed by atoms with Crippen LogP contribution in [0.15, 0.2) is 66.7 Å². The molecule has 1 heterocycles. The Hall–Kier alpha value is -4.05. The molecule has 1 aliphatic rings. The van der Waals surface area contributed by atoms with Crippen molar-refractivity contribution in [3.63, 3.8) is 0 Å². The number of hydrogen-bond acceptors (Lipinski definition) is 5. The molecule has 1 aliphatic heterocycles. The molecule has 0 bridgehead atoms. The molecule has 3 N–H and O–H groups in total. The molecule has 3 aromatic carbocycles. The number of rotatable bonds is 9. The number of amides is 1. The summed E-state index contributed by atoms with van der Waals surface area (Å²) in [6.45, 7) is 0.257. The number of benzene rings is 3. The molecule has 194 valence electrons. The lowest BCUT2D eigenvalue weighted by Gasteiger charge is -2.21. The molecule has 4 rings (SSSR count). The number of alkyl halides is 3. The third kappa shape index (κ3) is 6.39. The molecule has 37 heavy (non-hydrogen) atoms. The first kappa shape index (κ1) is 26.0. The Labute approximate surface area is 211 Å². The molecule has 1 atom stereocenters. The Bertz CT molecular complexity index is 1280. The standard InChI is InChI=1S/C27H25F3N2O5/c28-27(29,30)21-12-18(6-9-24(21)37-15-17-4-2-1-3-5-17)16-36-20-7-8-23-19(13-20)10-11-32(23)26(35)22(31)14-25(33)34/h1-9,12-13,22H,10-11,14-16,31H2,(H,33,34)/t22-/m1/s1. The number of ether oxygens (including phenoxy) is 2. The van der Waals surface area contributed by atoms with Crippen LogP contribution < -0.4 is 20.1 Å². The monoisotopic (exact) mass is 514 g/mol. The maximum atomic E-state index is 13.7. The average molecular weight is 515 g/mol. The second-order valence-electron chi connectivity index (χ2n) is 8.63. The van der Waals surface area contributed by atoms with Crippen molar-refractivity contribution in [2.24, 2.45) is 5.73 Å². The summed E-state index contributed by atoms with van der Waals surface area (Å²) in [5.74, 6) is -1.47. The fourth-order valence-electron chi connectivity index (χ4n) is 4.09. The Morgan fingerprint density at radius 3 is 2.41 bits per heavy atom. The van der Waals surface area contributed by atoms with E-state index in [1.807, 2.05) is 6.07 Å². The molecule has 0 aromatic heterocycles. The third-order valence-corrected chi connectivity index (χ3v) is 5.92. The van der Waals surface area contributed by atoms with Crippen LogP contribution in [-0.2, 0) is 35.4 Å². The summed E-state index contributed by atoms with van der Waals surface area (Å²) in [5, 5.41) is 8.87. The van der Waals surface area contributed by atoms with Gasteiger partial charge in [0.2, 0.25) is 5.91 Å². The summed E-state index contributed by atoms with van der Waals surface area (Å²) < 4.78 is 52.3. The summed E-state index contributed by atoms with van der Waals surface area (Å²) >= 11 is 0. The maximum absolute atomic E-state index is 13.7. The van der Waals surface area contributed by atoms with Gasteiger partial charge in [-0.3, -0.25) is 9.59 Å². The topological polar surface area (TPSA) is 102 Å². The fourth-order valence-corrected chi connectivity index (χ4v) is 4.09. The van der Waals surface area contributed by atoms with Gasteiger partial charge < -0.3 is 25.2 Å². The first-order valence-electron chi connectivity index (χ1n) is 11.5. The van der Waals surface area contributed by atoms with E-state index in [4.69, 9.17) is 20.3 Å². The SMILES string of the molecule is N[C@H](CC(=O)O)C(=O)N1CCc2cc(OCc3ccc(OCc4ccccc4)c(C(F)(F)F)c3)ccc21. The predicted octanol–water partition coefficient (Wildman–Crippen LogP) is 4.55. The summed E-state index contributed by atoms with van der Waals surface area (Å²) in [7, 11) is 0. The first-order valence-corrected chi connectivity index (χ1v) is 11.5. The van der Waals surface area contributed by atoms with E-state index in [2.05, 4.69) is 0 Å². The van der Waals surface area contributed by atoms with Crippen LogP contribution in [-0.4, -0.2) is 29.6 Å². The second kappa shape index (κ2) is 10.9. The first-order chi connectivity index (χ1) is 17.6. The summed E-state index contributed by atoms with van der Waals surface area (Å²) in [4.78, 5) is 24.8. The van der Waals surface area contributed by atoms with Gasteiger partial charge in [0.15, 0.2) is 0 Å². The Balaban J connectivity index is 1.43. The van der Waals surface area contributed by atoms with Crippen LogP contribution in [0, 0.1) is 0 Å². The number of carboxylic acid groups (broad SMARTS) is 1. The highest BCUT2D eigenvalue weighted by Gasteiger charge is 2.35. The number of carboxylic acids is 1. The Kier molecular flexibility index (Phi) is 7.68. The summed E-state index contributed by atoms with van der Waals surface area (Å²) in [6, 6.07) is 16.6. The molecule has 10 heteroatoms. The van der Waals surface area contributed by atoms with E-state index in [-0.39, 0.29) is 19.0 Å². The number of carbonyl (C=O) groups is 2. The van der Waals surface area contributed by atoms with E-state index in [0.717, 1.165) is 17.2 Å². The van der Waals surface area contributed by atoms with E-state index < -0.39 is 36.1 Å². The lowest BCUT2D eigenvalue weighted by molar-refractivity contribution is -0.139. The molecule has 0 saturated carbocycles. The fraction of sp³-hybridized carbons (Fsp3) is 0.259. The highest BCUT2D eigenvalue weighted by atomic mass is 19.4. The van der Waals surface area contributed by atoms with Gasteiger partial charge in [-0.2, -0.15) is 13.2 Å². The van der Waals surface area contributed by atoms with Crippen molar-refractivity contribution < 1.29 is 37.3 Å². The molecular weight excluding hydrogens is 489 g/mol. The van der Waals surface area contributed by atoms with Crippen LogP contribution in [0.1, 0.15) is 28.7 Å². The smallest absolute Gasteiger partial charge is 0.419 e. The van der Waals surface area contributed by atoms with Gasteiger partial charge in [-0.25, -0.2) is 0 Å². The maximum Gasteiger partial charge on any atom is 0.419 e. The number of nitrogens with zero attached hydrogens (tertiary/aromatic N) is 1. The number of hydrogen-bond donors (Lipinski definition) is 2. The zero-order chi connectivity index (χ0) is 26.6. The number of aliphatic carboxylic acids is 1. The number of halogens is 3. The minimum absolute atomic E-state index is 0.00955. The quantitative estimate of drug-likeness (QED) is 0.434. The zero-order valence-electron chi connectivity index (χ0n) is 19.7. The van der Waals surface area contributed by atoms with Gasteiger partial charge in [0, 0.05) is 12.2 Å². The van der Waals surface area contributed by atoms with Gasteiger partial charge in [0.25, 0.3) is 0 Å². The molecule has 3 aromatic rings. The predicted molar refractivity (Wildman–Crippen MR) is 129 cm³/mol. The van der Waals surface area contributed by atoms with Crippen LogP contribution in [0.25, 0.3) is 0 Å². The van der Waals surface area contributed by atoms with Gasteiger partial charge in [-0.05, 0) is 53.4 Å². The normalized spacial score (nSPS) is 13.7. The van der Waals surface area contributed by atoms with E-state index in [9.17, 15) is 22.8 Å². The molecule has 0 fully saturated rings. The van der Waals surface area contributed by atoms with E-state index >= 15 is 0 Å². The van der Waals surface area contributed by atoms with Crippen LogP contribution in [0.4, 0.5) is 18.9 Å². The van der Waals surface area contributed by atoms with Crippen molar-refractivity contribution in [2.45, 2.75) is 38.3 Å². The summed E-state index contributed by atoms with van der Waals surface area (Å²) in [5.41, 5.74) is 7.31. The number of carbonyl (C=O) groups excluding carboxylic acids is 1. The molecular formula is C27H25F3N2O5. The number of nitrogens with two attached hydrogens (primary N) is 1. The van der Waals surface area contributed by atoms with Gasteiger partial charge in [-0.15, -0.1) is 0 Å².